The third kappa shape index (κ3) is 7.08. The van der Waals surface area contributed by atoms with Crippen LogP contribution in [0.15, 0.2) is 29.6 Å². The fourth-order valence-electron chi connectivity index (χ4n) is 2.41. The zero-order valence-corrected chi connectivity index (χ0v) is 18.8. The molecule has 2 rings (SSSR count). The summed E-state index contributed by atoms with van der Waals surface area (Å²) in [6, 6.07) is 5.84. The van der Waals surface area contributed by atoms with E-state index in [1.165, 1.54) is 23.5 Å². The van der Waals surface area contributed by atoms with Crippen LogP contribution < -0.4 is 10.0 Å². The van der Waals surface area contributed by atoms with Gasteiger partial charge in [0, 0.05) is 10.8 Å². The molecule has 2 aromatic rings. The number of esters is 1. The van der Waals surface area contributed by atoms with Crippen LogP contribution >= 0.6 is 11.3 Å². The van der Waals surface area contributed by atoms with Gasteiger partial charge in [-0.25, -0.2) is 9.78 Å². The highest BCUT2D eigenvalue weighted by atomic mass is 32.2. The second kappa shape index (κ2) is 9.54. The predicted octanol–water partition coefficient (Wildman–Crippen LogP) is 2.98. The molecule has 0 unspecified atom stereocenters. The Kier molecular flexibility index (Phi) is 7.56. The van der Waals surface area contributed by atoms with Crippen molar-refractivity contribution in [2.45, 2.75) is 40.2 Å². The maximum absolute atomic E-state index is 12.6. The summed E-state index contributed by atoms with van der Waals surface area (Å²) in [5, 5.41) is 5.10. The van der Waals surface area contributed by atoms with Crippen LogP contribution in [0.2, 0.25) is 0 Å². The van der Waals surface area contributed by atoms with Crippen molar-refractivity contribution >= 4 is 39.2 Å². The quantitative estimate of drug-likeness (QED) is 0.411. The van der Waals surface area contributed by atoms with Crippen LogP contribution in [0.4, 0.5) is 5.69 Å². The minimum atomic E-state index is -4.36. The van der Waals surface area contributed by atoms with E-state index in [4.69, 9.17) is 9.29 Å². The van der Waals surface area contributed by atoms with Crippen molar-refractivity contribution in [3.63, 3.8) is 0 Å². The lowest BCUT2D eigenvalue weighted by molar-refractivity contribution is -0.129. The van der Waals surface area contributed by atoms with E-state index in [-0.39, 0.29) is 23.9 Å². The molecule has 1 amide bonds. The molecule has 1 atom stereocenters. The van der Waals surface area contributed by atoms with Crippen LogP contribution in [-0.4, -0.2) is 36.4 Å². The molecule has 9 nitrogen and oxygen atoms in total. The first-order valence-electron chi connectivity index (χ1n) is 9.16. The number of carbonyl (C=O) groups is 2. The van der Waals surface area contributed by atoms with Gasteiger partial charge in [0.1, 0.15) is 5.01 Å². The van der Waals surface area contributed by atoms with E-state index in [1.54, 1.807) is 45.2 Å². The van der Waals surface area contributed by atoms with Gasteiger partial charge < -0.3 is 10.1 Å². The molecule has 0 saturated heterocycles. The van der Waals surface area contributed by atoms with Crippen molar-refractivity contribution < 1.29 is 27.3 Å². The highest BCUT2D eigenvalue weighted by Gasteiger charge is 2.27. The van der Waals surface area contributed by atoms with E-state index in [2.05, 4.69) is 10.3 Å². The maximum atomic E-state index is 12.6. The standard InChI is InChI=1S/C19H25N3O6S2/c1-5-28-17(23)15-11-29-16(20-15)14(21-18(24)19(2,3)4)10-12-6-8-13(9-7-12)22-30(25,26)27/h6-9,11,14,22H,5,10H2,1-4H3,(H,21,24)(H,25,26,27)/t14-/m0/s1. The van der Waals surface area contributed by atoms with Gasteiger partial charge in [0.2, 0.25) is 5.91 Å². The molecule has 0 aliphatic rings. The molecule has 0 saturated carbocycles. The summed E-state index contributed by atoms with van der Waals surface area (Å²) in [6.45, 7) is 7.32. The van der Waals surface area contributed by atoms with Gasteiger partial charge in [-0.3, -0.25) is 14.1 Å². The molecular weight excluding hydrogens is 430 g/mol. The number of hydrogen-bond donors (Lipinski definition) is 3. The number of thiazole rings is 1. The smallest absolute Gasteiger partial charge is 0.357 e. The summed E-state index contributed by atoms with van der Waals surface area (Å²) in [5.74, 6) is -0.702. The first kappa shape index (κ1) is 23.8. The molecule has 1 aromatic carbocycles. The lowest BCUT2D eigenvalue weighted by atomic mass is 9.94. The van der Waals surface area contributed by atoms with Crippen LogP contribution in [0.3, 0.4) is 0 Å². The van der Waals surface area contributed by atoms with Crippen molar-refractivity contribution in [3.05, 3.63) is 45.9 Å². The molecule has 0 aliphatic heterocycles. The summed E-state index contributed by atoms with van der Waals surface area (Å²) in [5.41, 5.74) is 0.556. The number of aromatic nitrogens is 1. The van der Waals surface area contributed by atoms with E-state index < -0.39 is 27.7 Å². The van der Waals surface area contributed by atoms with Crippen molar-refractivity contribution in [3.8, 4) is 0 Å². The molecule has 1 heterocycles. The average molecular weight is 456 g/mol. The molecule has 0 bridgehead atoms. The Balaban J connectivity index is 2.26. The van der Waals surface area contributed by atoms with E-state index in [9.17, 15) is 18.0 Å². The van der Waals surface area contributed by atoms with Gasteiger partial charge in [-0.2, -0.15) is 8.42 Å². The fraction of sp³-hybridized carbons (Fsp3) is 0.421. The Morgan fingerprint density at radius 3 is 2.40 bits per heavy atom. The summed E-state index contributed by atoms with van der Waals surface area (Å²) in [7, 11) is -4.36. The molecule has 11 heteroatoms. The molecule has 0 radical (unpaired) electrons. The molecule has 0 aliphatic carbocycles. The SMILES string of the molecule is CCOC(=O)c1csc([C@H](Cc2ccc(NS(=O)(=O)O)cc2)NC(=O)C(C)(C)C)n1. The van der Waals surface area contributed by atoms with E-state index in [0.717, 1.165) is 5.56 Å². The number of amides is 1. The van der Waals surface area contributed by atoms with Gasteiger partial charge in [-0.15, -0.1) is 11.3 Å². The first-order chi connectivity index (χ1) is 13.9. The Morgan fingerprint density at radius 1 is 1.23 bits per heavy atom. The van der Waals surface area contributed by atoms with E-state index in [1.807, 2.05) is 4.72 Å². The van der Waals surface area contributed by atoms with Crippen LogP contribution in [0.5, 0.6) is 0 Å². The molecular formula is C19H25N3O6S2. The third-order valence-corrected chi connectivity index (χ3v) is 5.38. The predicted molar refractivity (Wildman–Crippen MR) is 114 cm³/mol. The second-order valence-electron chi connectivity index (χ2n) is 7.55. The highest BCUT2D eigenvalue weighted by Crippen LogP contribution is 2.25. The third-order valence-electron chi connectivity index (χ3n) is 3.93. The maximum Gasteiger partial charge on any atom is 0.357 e. The number of anilines is 1. The fourth-order valence-corrected chi connectivity index (χ4v) is 3.69. The molecule has 0 spiro atoms. The number of nitrogens with zero attached hydrogens (tertiary/aromatic N) is 1. The van der Waals surface area contributed by atoms with Gasteiger partial charge in [0.25, 0.3) is 0 Å². The van der Waals surface area contributed by atoms with E-state index in [0.29, 0.717) is 11.4 Å². The van der Waals surface area contributed by atoms with Gasteiger partial charge in [-0.1, -0.05) is 32.9 Å². The van der Waals surface area contributed by atoms with Crippen molar-refractivity contribution in [1.29, 1.82) is 0 Å². The van der Waals surface area contributed by atoms with Crippen LogP contribution in [0.1, 0.15) is 54.8 Å². The molecule has 164 valence electrons. The lowest BCUT2D eigenvalue weighted by Gasteiger charge is -2.23. The lowest BCUT2D eigenvalue weighted by Crippen LogP contribution is -2.38. The molecule has 1 aromatic heterocycles. The van der Waals surface area contributed by atoms with Gasteiger partial charge in [0.15, 0.2) is 5.69 Å². The number of ether oxygens (including phenoxy) is 1. The van der Waals surface area contributed by atoms with Crippen LogP contribution in [0.25, 0.3) is 0 Å². The number of carbonyl (C=O) groups excluding carboxylic acids is 2. The monoisotopic (exact) mass is 455 g/mol. The minimum absolute atomic E-state index is 0.176. The number of rotatable bonds is 8. The Labute approximate surface area is 179 Å². The van der Waals surface area contributed by atoms with Crippen LogP contribution in [-0.2, 0) is 26.3 Å². The normalized spacial score (nSPS) is 12.8. The average Bonchev–Trinajstić information content (AvgIpc) is 3.11. The van der Waals surface area contributed by atoms with Gasteiger partial charge >= 0.3 is 16.3 Å². The van der Waals surface area contributed by atoms with Gasteiger partial charge in [0.05, 0.1) is 18.3 Å². The van der Waals surface area contributed by atoms with Crippen LogP contribution in [0, 0.1) is 5.41 Å². The highest BCUT2D eigenvalue weighted by molar-refractivity contribution is 7.87. The molecule has 3 N–H and O–H groups in total. The summed E-state index contributed by atoms with van der Waals surface area (Å²) in [4.78, 5) is 28.8. The summed E-state index contributed by atoms with van der Waals surface area (Å²) in [6.07, 6.45) is 0.365. The summed E-state index contributed by atoms with van der Waals surface area (Å²) < 4.78 is 37.6. The zero-order chi connectivity index (χ0) is 22.5. The second-order valence-corrected chi connectivity index (χ2v) is 9.59. The first-order valence-corrected chi connectivity index (χ1v) is 11.5. The van der Waals surface area contributed by atoms with Crippen molar-refractivity contribution in [2.24, 2.45) is 5.41 Å². The Bertz CT molecular complexity index is 994. The summed E-state index contributed by atoms with van der Waals surface area (Å²) >= 11 is 1.24. The zero-order valence-electron chi connectivity index (χ0n) is 17.1. The number of nitrogens with one attached hydrogen (secondary N) is 2. The van der Waals surface area contributed by atoms with Gasteiger partial charge in [-0.05, 0) is 31.0 Å². The Morgan fingerprint density at radius 2 is 1.87 bits per heavy atom. The van der Waals surface area contributed by atoms with E-state index >= 15 is 0 Å². The molecule has 0 fully saturated rings. The van der Waals surface area contributed by atoms with Crippen molar-refractivity contribution in [1.82, 2.24) is 10.3 Å². The molecule has 30 heavy (non-hydrogen) atoms. The largest absolute Gasteiger partial charge is 0.461 e. The van der Waals surface area contributed by atoms with Crippen molar-refractivity contribution in [2.75, 3.05) is 11.3 Å². The number of hydrogen-bond acceptors (Lipinski definition) is 7. The topological polar surface area (TPSA) is 135 Å². The Hall–Kier alpha value is -2.50. The minimum Gasteiger partial charge on any atom is -0.461 e. The number of benzene rings is 1.